The highest BCUT2D eigenvalue weighted by Crippen LogP contribution is 2.35. The lowest BCUT2D eigenvalue weighted by Gasteiger charge is -2.37. The smallest absolute Gasteiger partial charge is 0.416 e. The van der Waals surface area contributed by atoms with Gasteiger partial charge in [0.2, 0.25) is 0 Å². The van der Waals surface area contributed by atoms with Crippen LogP contribution in [0.1, 0.15) is 31.9 Å². The second kappa shape index (κ2) is 9.87. The fourth-order valence-electron chi connectivity index (χ4n) is 3.33. The standard InChI is InChI=1S/C21H34F3N5O/c1-20(2,3)30-17-8-7-15(18(11-17)21(22,23)24)12-26-19(25-4)27-13-16-14-28(5)9-10-29(16)6/h7-8,11,16H,9-10,12-14H2,1-6H3,(H2,25,26,27). The maximum atomic E-state index is 13.6. The Morgan fingerprint density at radius 3 is 2.47 bits per heavy atom. The quantitative estimate of drug-likeness (QED) is 0.557. The maximum Gasteiger partial charge on any atom is 0.416 e. The van der Waals surface area contributed by atoms with Crippen LogP contribution < -0.4 is 15.4 Å². The fraction of sp³-hybridized carbons (Fsp3) is 0.667. The van der Waals surface area contributed by atoms with Gasteiger partial charge in [0.15, 0.2) is 5.96 Å². The molecular formula is C21H34F3N5O. The van der Waals surface area contributed by atoms with Gasteiger partial charge in [-0.2, -0.15) is 13.2 Å². The van der Waals surface area contributed by atoms with Gasteiger partial charge in [0.05, 0.1) is 5.56 Å². The molecule has 0 saturated carbocycles. The molecular weight excluding hydrogens is 395 g/mol. The first kappa shape index (κ1) is 24.3. The number of benzene rings is 1. The second-order valence-corrected chi connectivity index (χ2v) is 8.73. The number of halogens is 3. The number of nitrogens with zero attached hydrogens (tertiary/aromatic N) is 3. The highest BCUT2D eigenvalue weighted by Gasteiger charge is 2.34. The van der Waals surface area contributed by atoms with Crippen molar-refractivity contribution in [1.82, 2.24) is 20.4 Å². The van der Waals surface area contributed by atoms with Crippen LogP contribution in [0, 0.1) is 0 Å². The van der Waals surface area contributed by atoms with Gasteiger partial charge in [-0.05, 0) is 52.6 Å². The molecule has 170 valence electrons. The molecule has 9 heteroatoms. The van der Waals surface area contributed by atoms with Gasteiger partial charge in [0.25, 0.3) is 0 Å². The van der Waals surface area contributed by atoms with Crippen LogP contribution in [0.5, 0.6) is 5.75 Å². The number of likely N-dealkylation sites (N-methyl/N-ethyl adjacent to an activating group) is 2. The number of guanidine groups is 1. The molecule has 1 aliphatic rings. The van der Waals surface area contributed by atoms with Crippen molar-refractivity contribution in [3.05, 3.63) is 29.3 Å². The second-order valence-electron chi connectivity index (χ2n) is 8.73. The molecule has 1 aliphatic heterocycles. The molecule has 0 aliphatic carbocycles. The van der Waals surface area contributed by atoms with Crippen LogP contribution in [0.25, 0.3) is 0 Å². The van der Waals surface area contributed by atoms with E-state index >= 15 is 0 Å². The molecule has 1 aromatic rings. The largest absolute Gasteiger partial charge is 0.488 e. The van der Waals surface area contributed by atoms with Crippen molar-refractivity contribution in [3.8, 4) is 5.75 Å². The van der Waals surface area contributed by atoms with Crippen molar-refractivity contribution in [1.29, 1.82) is 0 Å². The third-order valence-corrected chi connectivity index (χ3v) is 4.97. The minimum atomic E-state index is -4.47. The van der Waals surface area contributed by atoms with Gasteiger partial charge in [0, 0.05) is 45.8 Å². The average Bonchev–Trinajstić information content (AvgIpc) is 2.63. The summed E-state index contributed by atoms with van der Waals surface area (Å²) in [7, 11) is 5.77. The zero-order chi connectivity index (χ0) is 22.5. The highest BCUT2D eigenvalue weighted by molar-refractivity contribution is 5.79. The van der Waals surface area contributed by atoms with Gasteiger partial charge in [-0.15, -0.1) is 0 Å². The van der Waals surface area contributed by atoms with E-state index in [4.69, 9.17) is 4.74 Å². The number of hydrogen-bond donors (Lipinski definition) is 2. The highest BCUT2D eigenvalue weighted by atomic mass is 19.4. The predicted octanol–water partition coefficient (Wildman–Crippen LogP) is 2.79. The summed E-state index contributed by atoms with van der Waals surface area (Å²) in [5.41, 5.74) is -1.14. The third kappa shape index (κ3) is 7.36. The van der Waals surface area contributed by atoms with Gasteiger partial charge >= 0.3 is 6.18 Å². The molecule has 1 saturated heterocycles. The Hall–Kier alpha value is -2.00. The van der Waals surface area contributed by atoms with Crippen LogP contribution in [0.3, 0.4) is 0 Å². The van der Waals surface area contributed by atoms with E-state index in [0.29, 0.717) is 18.5 Å². The van der Waals surface area contributed by atoms with E-state index in [-0.39, 0.29) is 17.9 Å². The number of nitrogens with one attached hydrogen (secondary N) is 2. The van der Waals surface area contributed by atoms with Crippen LogP contribution in [0.15, 0.2) is 23.2 Å². The SMILES string of the molecule is CN=C(NCc1ccc(OC(C)(C)C)cc1C(F)(F)F)NCC1CN(C)CCN1C. The van der Waals surface area contributed by atoms with Crippen molar-refractivity contribution in [3.63, 3.8) is 0 Å². The molecule has 1 unspecified atom stereocenters. The molecule has 1 aromatic carbocycles. The molecule has 0 amide bonds. The third-order valence-electron chi connectivity index (χ3n) is 4.97. The van der Waals surface area contributed by atoms with E-state index in [1.165, 1.54) is 6.07 Å². The summed E-state index contributed by atoms with van der Waals surface area (Å²) in [6.07, 6.45) is -4.47. The minimum absolute atomic E-state index is 0.00469. The first-order valence-electron chi connectivity index (χ1n) is 10.1. The Morgan fingerprint density at radius 1 is 1.17 bits per heavy atom. The lowest BCUT2D eigenvalue weighted by atomic mass is 10.1. The summed E-state index contributed by atoms with van der Waals surface area (Å²) in [4.78, 5) is 8.68. The Bertz CT molecular complexity index is 730. The number of aliphatic imine (C=N–C) groups is 1. The average molecular weight is 430 g/mol. The molecule has 1 atom stereocenters. The Morgan fingerprint density at radius 2 is 1.87 bits per heavy atom. The van der Waals surface area contributed by atoms with E-state index in [1.54, 1.807) is 33.9 Å². The monoisotopic (exact) mass is 429 g/mol. The fourth-order valence-corrected chi connectivity index (χ4v) is 3.33. The van der Waals surface area contributed by atoms with E-state index in [1.807, 2.05) is 0 Å². The predicted molar refractivity (Wildman–Crippen MR) is 114 cm³/mol. The molecule has 1 heterocycles. The summed E-state index contributed by atoms with van der Waals surface area (Å²) in [6.45, 7) is 8.98. The Kier molecular flexibility index (Phi) is 7.99. The number of ether oxygens (including phenoxy) is 1. The summed E-state index contributed by atoms with van der Waals surface area (Å²) >= 11 is 0. The van der Waals surface area contributed by atoms with Crippen molar-refractivity contribution in [2.75, 3.05) is 47.3 Å². The van der Waals surface area contributed by atoms with Crippen molar-refractivity contribution in [2.24, 2.45) is 4.99 Å². The van der Waals surface area contributed by atoms with Crippen LogP contribution in [-0.2, 0) is 12.7 Å². The molecule has 0 radical (unpaired) electrons. The maximum absolute atomic E-state index is 13.6. The lowest BCUT2D eigenvalue weighted by Crippen LogP contribution is -2.55. The summed E-state index contributed by atoms with van der Waals surface area (Å²) in [6, 6.07) is 4.39. The van der Waals surface area contributed by atoms with Gasteiger partial charge in [0.1, 0.15) is 11.4 Å². The van der Waals surface area contributed by atoms with Crippen molar-refractivity contribution < 1.29 is 17.9 Å². The number of piperazine rings is 1. The molecule has 0 aromatic heterocycles. The molecule has 2 N–H and O–H groups in total. The van der Waals surface area contributed by atoms with Crippen LogP contribution in [-0.4, -0.2) is 74.7 Å². The number of alkyl halides is 3. The number of hydrogen-bond acceptors (Lipinski definition) is 4. The van der Waals surface area contributed by atoms with Crippen LogP contribution >= 0.6 is 0 Å². The first-order chi connectivity index (χ1) is 13.9. The summed E-state index contributed by atoms with van der Waals surface area (Å²) in [5.74, 6) is 0.672. The molecule has 6 nitrogen and oxygen atoms in total. The molecule has 0 bridgehead atoms. The topological polar surface area (TPSA) is 52.1 Å². The van der Waals surface area contributed by atoms with Gasteiger partial charge in [-0.3, -0.25) is 9.89 Å². The zero-order valence-electron chi connectivity index (χ0n) is 18.7. The van der Waals surface area contributed by atoms with Gasteiger partial charge in [-0.1, -0.05) is 6.07 Å². The first-order valence-corrected chi connectivity index (χ1v) is 10.1. The summed E-state index contributed by atoms with van der Waals surface area (Å²) in [5, 5.41) is 6.22. The molecule has 30 heavy (non-hydrogen) atoms. The number of rotatable bonds is 5. The molecule has 1 fully saturated rings. The van der Waals surface area contributed by atoms with Crippen LogP contribution in [0.4, 0.5) is 13.2 Å². The van der Waals surface area contributed by atoms with Crippen molar-refractivity contribution in [2.45, 2.75) is 45.1 Å². The van der Waals surface area contributed by atoms with Crippen LogP contribution in [0.2, 0.25) is 0 Å². The van der Waals surface area contributed by atoms with E-state index in [2.05, 4.69) is 39.5 Å². The minimum Gasteiger partial charge on any atom is -0.488 e. The molecule has 2 rings (SSSR count). The van der Waals surface area contributed by atoms with Gasteiger partial charge < -0.3 is 20.3 Å². The zero-order valence-corrected chi connectivity index (χ0v) is 18.7. The Balaban J connectivity index is 2.03. The van der Waals surface area contributed by atoms with Crippen molar-refractivity contribution >= 4 is 5.96 Å². The Labute approximate surface area is 177 Å². The summed E-state index contributed by atoms with van der Waals surface area (Å²) < 4.78 is 46.4. The molecule has 0 spiro atoms. The van der Waals surface area contributed by atoms with Gasteiger partial charge in [-0.25, -0.2) is 0 Å². The lowest BCUT2D eigenvalue weighted by molar-refractivity contribution is -0.138. The normalized spacial score (nSPS) is 19.6. The van der Waals surface area contributed by atoms with E-state index < -0.39 is 17.3 Å². The van der Waals surface area contributed by atoms with E-state index in [0.717, 1.165) is 25.7 Å². The van der Waals surface area contributed by atoms with E-state index in [9.17, 15) is 13.2 Å².